The largest absolute Gasteiger partial charge is 0.513 e. The van der Waals surface area contributed by atoms with E-state index in [1.165, 1.54) is 51.9 Å². The third kappa shape index (κ3) is 5.22. The Morgan fingerprint density at radius 1 is 1.11 bits per heavy atom. The van der Waals surface area contributed by atoms with Crippen molar-refractivity contribution in [2.45, 2.75) is 120 Å². The first-order valence-corrected chi connectivity index (χ1v) is 15.2. The van der Waals surface area contributed by atoms with Crippen molar-refractivity contribution in [2.24, 2.45) is 45.8 Å². The highest BCUT2D eigenvalue weighted by molar-refractivity contribution is 5.66. The Labute approximate surface area is 228 Å². The molecule has 0 bridgehead atoms. The molecular formula is C34H56O3. The summed E-state index contributed by atoms with van der Waals surface area (Å²) in [5, 5.41) is 7.86. The van der Waals surface area contributed by atoms with Crippen molar-refractivity contribution < 1.29 is 14.6 Å². The SMILES string of the molecule is C=C(C)O.CC/C(=C1/C2=CCC3C4(C)CCC(CC)C4CCC3(C)[C@]2(C)CCC1COC(C)=O)C(C)C. The van der Waals surface area contributed by atoms with Crippen molar-refractivity contribution in [1.29, 1.82) is 0 Å². The van der Waals surface area contributed by atoms with Crippen LogP contribution in [-0.2, 0) is 9.53 Å². The van der Waals surface area contributed by atoms with Gasteiger partial charge in [-0.05, 0) is 109 Å². The summed E-state index contributed by atoms with van der Waals surface area (Å²) >= 11 is 0. The zero-order chi connectivity index (χ0) is 27.8. The number of hydrogen-bond donors (Lipinski definition) is 1. The molecule has 0 aliphatic heterocycles. The summed E-state index contributed by atoms with van der Waals surface area (Å²) in [5.74, 6) is 3.58. The lowest BCUT2D eigenvalue weighted by molar-refractivity contribution is -0.143. The molecule has 37 heavy (non-hydrogen) atoms. The summed E-state index contributed by atoms with van der Waals surface area (Å²) in [4.78, 5) is 11.7. The summed E-state index contributed by atoms with van der Waals surface area (Å²) in [6.07, 6.45) is 14.4. The molecule has 0 radical (unpaired) electrons. The lowest BCUT2D eigenvalue weighted by Gasteiger charge is -2.65. The second kappa shape index (κ2) is 11.3. The summed E-state index contributed by atoms with van der Waals surface area (Å²) in [6, 6.07) is 0. The summed E-state index contributed by atoms with van der Waals surface area (Å²) in [7, 11) is 0. The average molecular weight is 513 g/mol. The van der Waals surface area contributed by atoms with E-state index in [4.69, 9.17) is 9.84 Å². The zero-order valence-corrected chi connectivity index (χ0v) is 25.5. The van der Waals surface area contributed by atoms with Crippen molar-refractivity contribution in [1.82, 2.24) is 0 Å². The molecule has 0 saturated heterocycles. The van der Waals surface area contributed by atoms with Crippen LogP contribution in [-0.4, -0.2) is 17.7 Å². The predicted octanol–water partition coefficient (Wildman–Crippen LogP) is 9.60. The van der Waals surface area contributed by atoms with E-state index in [0.717, 1.165) is 30.6 Å². The number of carbonyl (C=O) groups is 1. The Morgan fingerprint density at radius 2 is 1.76 bits per heavy atom. The Balaban J connectivity index is 0.000000886. The third-order valence-corrected chi connectivity index (χ3v) is 11.5. The number of hydrogen-bond acceptors (Lipinski definition) is 3. The quantitative estimate of drug-likeness (QED) is 0.294. The average Bonchev–Trinajstić information content (AvgIpc) is 3.14. The Bertz CT molecular complexity index is 921. The minimum Gasteiger partial charge on any atom is -0.513 e. The number of aliphatic hydroxyl groups excluding tert-OH is 1. The van der Waals surface area contributed by atoms with Crippen LogP contribution in [0.5, 0.6) is 0 Å². The highest BCUT2D eigenvalue weighted by Gasteiger charge is 2.65. The molecule has 6 unspecified atom stereocenters. The van der Waals surface area contributed by atoms with E-state index in [2.05, 4.69) is 61.1 Å². The second-order valence-corrected chi connectivity index (χ2v) is 13.7. The van der Waals surface area contributed by atoms with Gasteiger partial charge in [0.2, 0.25) is 0 Å². The molecule has 3 nitrogen and oxygen atoms in total. The van der Waals surface area contributed by atoms with Gasteiger partial charge in [0.05, 0.1) is 12.4 Å². The van der Waals surface area contributed by atoms with E-state index in [1.807, 2.05) is 0 Å². The fourth-order valence-corrected chi connectivity index (χ4v) is 9.61. The van der Waals surface area contributed by atoms with Crippen LogP contribution in [0.4, 0.5) is 0 Å². The van der Waals surface area contributed by atoms with Crippen molar-refractivity contribution in [3.8, 4) is 0 Å². The number of allylic oxidation sites excluding steroid dienone is 4. The molecule has 0 aromatic carbocycles. The maximum absolute atomic E-state index is 11.7. The van der Waals surface area contributed by atoms with Crippen LogP contribution < -0.4 is 0 Å². The predicted molar refractivity (Wildman–Crippen MR) is 155 cm³/mol. The minimum absolute atomic E-state index is 0.145. The van der Waals surface area contributed by atoms with Crippen LogP contribution in [0.15, 0.2) is 35.1 Å². The van der Waals surface area contributed by atoms with Gasteiger partial charge in [0, 0.05) is 12.8 Å². The normalized spacial score (nSPS) is 39.9. The molecule has 1 N–H and O–H groups in total. The molecular weight excluding hydrogens is 456 g/mol. The van der Waals surface area contributed by atoms with Crippen molar-refractivity contribution in [3.05, 3.63) is 35.1 Å². The van der Waals surface area contributed by atoms with Crippen LogP contribution in [0.25, 0.3) is 0 Å². The Hall–Kier alpha value is -1.51. The summed E-state index contributed by atoms with van der Waals surface area (Å²) < 4.78 is 5.63. The number of rotatable bonds is 5. The topological polar surface area (TPSA) is 46.5 Å². The molecule has 0 spiro atoms. The van der Waals surface area contributed by atoms with E-state index in [1.54, 1.807) is 23.6 Å². The van der Waals surface area contributed by atoms with Crippen molar-refractivity contribution in [3.63, 3.8) is 0 Å². The first-order valence-electron chi connectivity index (χ1n) is 15.2. The van der Waals surface area contributed by atoms with E-state index >= 15 is 0 Å². The molecule has 3 fully saturated rings. The van der Waals surface area contributed by atoms with Gasteiger partial charge in [-0.25, -0.2) is 0 Å². The molecule has 0 aromatic heterocycles. The van der Waals surface area contributed by atoms with Crippen molar-refractivity contribution in [2.75, 3.05) is 6.61 Å². The highest BCUT2D eigenvalue weighted by Crippen LogP contribution is 2.73. The van der Waals surface area contributed by atoms with Crippen LogP contribution in [0.1, 0.15) is 120 Å². The van der Waals surface area contributed by atoms with E-state index in [9.17, 15) is 4.79 Å². The first-order chi connectivity index (χ1) is 17.3. The smallest absolute Gasteiger partial charge is 0.302 e. The van der Waals surface area contributed by atoms with Crippen LogP contribution in [0, 0.1) is 45.8 Å². The third-order valence-electron chi connectivity index (χ3n) is 11.5. The molecule has 4 rings (SSSR count). The molecule has 0 heterocycles. The van der Waals surface area contributed by atoms with E-state index < -0.39 is 0 Å². The lowest BCUT2D eigenvalue weighted by atomic mass is 9.39. The highest BCUT2D eigenvalue weighted by atomic mass is 16.5. The number of fused-ring (bicyclic) bond motifs is 5. The van der Waals surface area contributed by atoms with Gasteiger partial charge < -0.3 is 9.84 Å². The van der Waals surface area contributed by atoms with Gasteiger partial charge in [0.15, 0.2) is 0 Å². The standard InChI is InChI=1S/C31H50O2.C3H6O/c1-9-22-13-16-29(6)25(22)15-18-31(8)27(29)12-11-26-28(24(10-2)20(3)4)23(19-33-21(5)32)14-17-30(26,31)7;1-3(2)4/h11,20,22-23,25,27H,9-10,12-19H2,1-8H3;4H,1H2,2H3/b28-24-;/t22?,23?,25?,27?,29?,30-,31?;/m1./s1. The summed E-state index contributed by atoms with van der Waals surface area (Å²) in [5.41, 5.74) is 5.90. The number of esters is 1. The molecule has 4 aliphatic carbocycles. The fourth-order valence-electron chi connectivity index (χ4n) is 9.61. The molecule has 7 atom stereocenters. The van der Waals surface area contributed by atoms with Gasteiger partial charge in [-0.2, -0.15) is 0 Å². The number of aliphatic hydroxyl groups is 1. The van der Waals surface area contributed by atoms with Crippen LogP contribution in [0.2, 0.25) is 0 Å². The summed E-state index contributed by atoms with van der Waals surface area (Å²) in [6.45, 7) is 24.2. The molecule has 3 saturated carbocycles. The molecule has 0 aromatic rings. The zero-order valence-electron chi connectivity index (χ0n) is 25.5. The van der Waals surface area contributed by atoms with Gasteiger partial charge >= 0.3 is 5.97 Å². The fraction of sp³-hybridized carbons (Fsp3) is 0.794. The van der Waals surface area contributed by atoms with Crippen LogP contribution in [0.3, 0.4) is 0 Å². The van der Waals surface area contributed by atoms with E-state index in [-0.39, 0.29) is 17.1 Å². The lowest BCUT2D eigenvalue weighted by Crippen LogP contribution is -2.58. The van der Waals surface area contributed by atoms with Gasteiger partial charge in [-0.1, -0.05) is 73.1 Å². The molecule has 0 amide bonds. The number of ether oxygens (including phenoxy) is 1. The second-order valence-electron chi connectivity index (χ2n) is 13.7. The minimum atomic E-state index is -0.145. The maximum Gasteiger partial charge on any atom is 0.302 e. The van der Waals surface area contributed by atoms with Gasteiger partial charge in [-0.3, -0.25) is 4.79 Å². The Kier molecular flexibility index (Phi) is 9.18. The maximum atomic E-state index is 11.7. The van der Waals surface area contributed by atoms with Gasteiger partial charge in [0.1, 0.15) is 0 Å². The monoisotopic (exact) mass is 512 g/mol. The van der Waals surface area contributed by atoms with Gasteiger partial charge in [-0.15, -0.1) is 0 Å². The first kappa shape index (κ1) is 30.0. The van der Waals surface area contributed by atoms with Crippen LogP contribution >= 0.6 is 0 Å². The number of carbonyl (C=O) groups excluding carboxylic acids is 1. The van der Waals surface area contributed by atoms with Crippen molar-refractivity contribution >= 4 is 5.97 Å². The molecule has 3 heteroatoms. The Morgan fingerprint density at radius 3 is 2.30 bits per heavy atom. The molecule has 4 aliphatic rings. The molecule has 210 valence electrons. The van der Waals surface area contributed by atoms with E-state index in [0.29, 0.717) is 29.3 Å². The van der Waals surface area contributed by atoms with Gasteiger partial charge in [0.25, 0.3) is 0 Å².